The van der Waals surface area contributed by atoms with Gasteiger partial charge in [-0.15, -0.1) is 11.3 Å². The van der Waals surface area contributed by atoms with Crippen molar-refractivity contribution in [2.45, 2.75) is 26.7 Å². The van der Waals surface area contributed by atoms with Crippen LogP contribution in [0.2, 0.25) is 0 Å². The molecule has 0 bridgehead atoms. The zero-order valence-electron chi connectivity index (χ0n) is 10.4. The summed E-state index contributed by atoms with van der Waals surface area (Å²) in [6.07, 6.45) is 0. The van der Waals surface area contributed by atoms with Crippen LogP contribution in [0.5, 0.6) is 0 Å². The maximum absolute atomic E-state index is 12.0. The Hall–Kier alpha value is -1.69. The van der Waals surface area contributed by atoms with E-state index in [-0.39, 0.29) is 23.9 Å². The maximum atomic E-state index is 12.0. The minimum atomic E-state index is -0.601. The number of ether oxygens (including phenoxy) is 1. The highest BCUT2D eigenvalue weighted by Gasteiger charge is 2.17. The summed E-state index contributed by atoms with van der Waals surface area (Å²) in [5.74, 6) is -0.391. The summed E-state index contributed by atoms with van der Waals surface area (Å²) in [6.45, 7) is 5.99. The van der Waals surface area contributed by atoms with Gasteiger partial charge in [-0.1, -0.05) is 13.8 Å². The first-order chi connectivity index (χ1) is 8.54. The van der Waals surface area contributed by atoms with E-state index in [2.05, 4.69) is 9.97 Å². The van der Waals surface area contributed by atoms with Gasteiger partial charge in [0.1, 0.15) is 4.83 Å². The summed E-state index contributed by atoms with van der Waals surface area (Å²) in [5, 5.41) is 2.48. The van der Waals surface area contributed by atoms with Crippen LogP contribution in [0.3, 0.4) is 0 Å². The third-order valence-corrected chi connectivity index (χ3v) is 3.45. The Labute approximate surface area is 108 Å². The van der Waals surface area contributed by atoms with Crippen molar-refractivity contribution in [1.29, 1.82) is 0 Å². The molecule has 2 aromatic heterocycles. The van der Waals surface area contributed by atoms with Crippen molar-refractivity contribution in [2.75, 3.05) is 6.61 Å². The number of H-pyrrole nitrogens is 1. The van der Waals surface area contributed by atoms with Crippen molar-refractivity contribution in [2.24, 2.45) is 0 Å². The standard InChI is InChI=1S/C12H14N2O3S/c1-4-17-12(16)9-13-10(15)8-7(6(2)3)5-18-11(8)14-9/h5-6H,4H2,1-3H3,(H,13,14,15). The number of carbonyl (C=O) groups is 1. The summed E-state index contributed by atoms with van der Waals surface area (Å²) in [6, 6.07) is 0. The Morgan fingerprint density at radius 1 is 1.56 bits per heavy atom. The second kappa shape index (κ2) is 4.89. The van der Waals surface area contributed by atoms with Crippen LogP contribution in [0.4, 0.5) is 0 Å². The van der Waals surface area contributed by atoms with E-state index in [0.717, 1.165) is 5.56 Å². The van der Waals surface area contributed by atoms with Crippen LogP contribution in [-0.2, 0) is 4.74 Å². The van der Waals surface area contributed by atoms with E-state index in [1.54, 1.807) is 6.92 Å². The van der Waals surface area contributed by atoms with Gasteiger partial charge in [0, 0.05) is 0 Å². The summed E-state index contributed by atoms with van der Waals surface area (Å²) in [5.41, 5.74) is 0.673. The maximum Gasteiger partial charge on any atom is 0.374 e. The molecular formula is C12H14N2O3S. The zero-order chi connectivity index (χ0) is 13.3. The molecule has 0 fully saturated rings. The Morgan fingerprint density at radius 3 is 2.89 bits per heavy atom. The molecule has 0 saturated heterocycles. The second-order valence-electron chi connectivity index (χ2n) is 4.16. The van der Waals surface area contributed by atoms with Crippen LogP contribution in [0, 0.1) is 0 Å². The number of rotatable bonds is 3. The van der Waals surface area contributed by atoms with Gasteiger partial charge in [-0.25, -0.2) is 9.78 Å². The molecule has 0 spiro atoms. The molecule has 0 unspecified atom stereocenters. The number of aromatic nitrogens is 2. The molecule has 0 aromatic carbocycles. The van der Waals surface area contributed by atoms with E-state index in [1.807, 2.05) is 19.2 Å². The molecular weight excluding hydrogens is 252 g/mol. The van der Waals surface area contributed by atoms with E-state index in [0.29, 0.717) is 10.2 Å². The first kappa shape index (κ1) is 12.8. The van der Waals surface area contributed by atoms with Gasteiger partial charge in [0.25, 0.3) is 5.56 Å². The summed E-state index contributed by atoms with van der Waals surface area (Å²) in [4.78, 5) is 30.7. The predicted octanol–water partition coefficient (Wildman–Crippen LogP) is 2.28. The molecule has 2 rings (SSSR count). The minimum absolute atomic E-state index is 0.0356. The van der Waals surface area contributed by atoms with Crippen molar-refractivity contribution in [3.05, 3.63) is 27.1 Å². The van der Waals surface area contributed by atoms with E-state index in [4.69, 9.17) is 4.74 Å². The van der Waals surface area contributed by atoms with Gasteiger partial charge in [0.15, 0.2) is 0 Å². The molecule has 96 valence electrons. The van der Waals surface area contributed by atoms with Gasteiger partial charge in [-0.2, -0.15) is 0 Å². The fourth-order valence-electron chi connectivity index (χ4n) is 1.69. The van der Waals surface area contributed by atoms with Crippen LogP contribution in [0.25, 0.3) is 10.2 Å². The Morgan fingerprint density at radius 2 is 2.28 bits per heavy atom. The molecule has 0 aliphatic heterocycles. The normalized spacial score (nSPS) is 11.1. The highest BCUT2D eigenvalue weighted by atomic mass is 32.1. The van der Waals surface area contributed by atoms with Crippen molar-refractivity contribution in [1.82, 2.24) is 9.97 Å². The quantitative estimate of drug-likeness (QED) is 0.865. The third kappa shape index (κ3) is 2.15. The second-order valence-corrected chi connectivity index (χ2v) is 5.02. The lowest BCUT2D eigenvalue weighted by Crippen LogP contribution is -2.17. The summed E-state index contributed by atoms with van der Waals surface area (Å²) >= 11 is 1.37. The summed E-state index contributed by atoms with van der Waals surface area (Å²) < 4.78 is 4.82. The van der Waals surface area contributed by atoms with Crippen molar-refractivity contribution in [3.8, 4) is 0 Å². The average molecular weight is 266 g/mol. The topological polar surface area (TPSA) is 72.0 Å². The van der Waals surface area contributed by atoms with Gasteiger partial charge >= 0.3 is 5.97 Å². The highest BCUT2D eigenvalue weighted by molar-refractivity contribution is 7.16. The van der Waals surface area contributed by atoms with Gasteiger partial charge in [-0.3, -0.25) is 4.79 Å². The lowest BCUT2D eigenvalue weighted by atomic mass is 10.0. The number of fused-ring (bicyclic) bond motifs is 1. The number of hydrogen-bond acceptors (Lipinski definition) is 5. The van der Waals surface area contributed by atoms with Gasteiger partial charge in [0.05, 0.1) is 12.0 Å². The lowest BCUT2D eigenvalue weighted by Gasteiger charge is -2.03. The molecule has 0 aliphatic carbocycles. The minimum Gasteiger partial charge on any atom is -0.460 e. The van der Waals surface area contributed by atoms with Crippen LogP contribution in [0.15, 0.2) is 10.2 Å². The van der Waals surface area contributed by atoms with Crippen LogP contribution in [-0.4, -0.2) is 22.5 Å². The molecule has 0 amide bonds. The molecule has 2 aromatic rings. The molecule has 0 aliphatic rings. The molecule has 2 heterocycles. The van der Waals surface area contributed by atoms with E-state index in [1.165, 1.54) is 11.3 Å². The van der Waals surface area contributed by atoms with Crippen LogP contribution in [0.1, 0.15) is 42.9 Å². The molecule has 5 nitrogen and oxygen atoms in total. The van der Waals surface area contributed by atoms with Crippen molar-refractivity contribution in [3.63, 3.8) is 0 Å². The third-order valence-electron chi connectivity index (χ3n) is 2.56. The number of aromatic amines is 1. The Balaban J connectivity index is 2.59. The number of nitrogens with zero attached hydrogens (tertiary/aromatic N) is 1. The molecule has 6 heteroatoms. The van der Waals surface area contributed by atoms with E-state index in [9.17, 15) is 9.59 Å². The SMILES string of the molecule is CCOC(=O)c1nc2scc(C(C)C)c2c(=O)[nH]1. The fourth-order valence-corrected chi connectivity index (χ4v) is 2.79. The fraction of sp³-hybridized carbons (Fsp3) is 0.417. The smallest absolute Gasteiger partial charge is 0.374 e. The van der Waals surface area contributed by atoms with Gasteiger partial charge in [-0.05, 0) is 23.8 Å². The molecule has 0 radical (unpaired) electrons. The molecule has 1 N–H and O–H groups in total. The van der Waals surface area contributed by atoms with Crippen LogP contribution < -0.4 is 5.56 Å². The lowest BCUT2D eigenvalue weighted by molar-refractivity contribution is 0.0512. The van der Waals surface area contributed by atoms with E-state index < -0.39 is 5.97 Å². The van der Waals surface area contributed by atoms with Crippen molar-refractivity contribution >= 4 is 27.5 Å². The van der Waals surface area contributed by atoms with Crippen molar-refractivity contribution < 1.29 is 9.53 Å². The number of nitrogens with one attached hydrogen (secondary N) is 1. The number of carbonyl (C=O) groups excluding carboxylic acids is 1. The van der Waals surface area contributed by atoms with Gasteiger partial charge < -0.3 is 9.72 Å². The summed E-state index contributed by atoms with van der Waals surface area (Å²) in [7, 11) is 0. The first-order valence-corrected chi connectivity index (χ1v) is 6.61. The largest absolute Gasteiger partial charge is 0.460 e. The van der Waals surface area contributed by atoms with Crippen LogP contribution >= 0.6 is 11.3 Å². The molecule has 18 heavy (non-hydrogen) atoms. The number of hydrogen-bond donors (Lipinski definition) is 1. The van der Waals surface area contributed by atoms with E-state index >= 15 is 0 Å². The predicted molar refractivity (Wildman–Crippen MR) is 70.3 cm³/mol. The van der Waals surface area contributed by atoms with Gasteiger partial charge in [0.2, 0.25) is 5.82 Å². The highest BCUT2D eigenvalue weighted by Crippen LogP contribution is 2.27. The number of esters is 1. The molecule has 0 saturated carbocycles. The Kier molecular flexibility index (Phi) is 3.47. The monoisotopic (exact) mass is 266 g/mol. The number of thiophene rings is 1. The Bertz CT molecular complexity index is 642. The zero-order valence-corrected chi connectivity index (χ0v) is 11.3. The first-order valence-electron chi connectivity index (χ1n) is 5.73. The molecule has 0 atom stereocenters. The average Bonchev–Trinajstić information content (AvgIpc) is 2.73.